The number of hydrogen-bond acceptors (Lipinski definition) is 4. The zero-order valence-electron chi connectivity index (χ0n) is 12.9. The number of rotatable bonds is 6. The molecule has 1 N–H and O–H groups in total. The Hall–Kier alpha value is -1.42. The Morgan fingerprint density at radius 1 is 1.00 bits per heavy atom. The maximum Gasteiger partial charge on any atom is 0.164 e. The Balaban J connectivity index is 2.09. The van der Waals surface area contributed by atoms with Crippen LogP contribution in [0.1, 0.15) is 31.7 Å². The minimum Gasteiger partial charge on any atom is -0.496 e. The van der Waals surface area contributed by atoms with Gasteiger partial charge in [-0.25, -0.2) is 0 Å². The highest BCUT2D eigenvalue weighted by Crippen LogP contribution is 2.35. The minimum absolute atomic E-state index is 0.614. The molecule has 4 nitrogen and oxygen atoms in total. The molecule has 2 atom stereocenters. The van der Waals surface area contributed by atoms with Crippen molar-refractivity contribution >= 4 is 0 Å². The third-order valence-electron chi connectivity index (χ3n) is 4.06. The predicted octanol–water partition coefficient (Wildman–Crippen LogP) is 2.99. The van der Waals surface area contributed by atoms with Crippen LogP contribution in [0.5, 0.6) is 17.2 Å². The molecule has 2 unspecified atom stereocenters. The van der Waals surface area contributed by atoms with Crippen LogP contribution in [0.15, 0.2) is 12.1 Å². The van der Waals surface area contributed by atoms with Crippen LogP contribution in [-0.4, -0.2) is 27.4 Å². The molecule has 112 valence electrons. The van der Waals surface area contributed by atoms with E-state index in [1.165, 1.54) is 19.3 Å². The van der Waals surface area contributed by atoms with Crippen LogP contribution in [0, 0.1) is 5.92 Å². The molecular weight excluding hydrogens is 254 g/mol. The lowest BCUT2D eigenvalue weighted by molar-refractivity contribution is 0.346. The summed E-state index contributed by atoms with van der Waals surface area (Å²) in [6.07, 6.45) is 3.84. The first-order valence-electron chi connectivity index (χ1n) is 7.20. The van der Waals surface area contributed by atoms with Crippen molar-refractivity contribution in [2.24, 2.45) is 5.92 Å². The topological polar surface area (TPSA) is 39.7 Å². The van der Waals surface area contributed by atoms with Crippen molar-refractivity contribution in [3.8, 4) is 17.2 Å². The third kappa shape index (κ3) is 3.37. The van der Waals surface area contributed by atoms with Crippen LogP contribution >= 0.6 is 0 Å². The van der Waals surface area contributed by atoms with Crippen LogP contribution < -0.4 is 19.5 Å². The quantitative estimate of drug-likeness (QED) is 0.869. The van der Waals surface area contributed by atoms with Crippen molar-refractivity contribution in [2.45, 2.75) is 38.8 Å². The lowest BCUT2D eigenvalue weighted by atomic mass is 10.1. The number of nitrogens with one attached hydrogen (secondary N) is 1. The van der Waals surface area contributed by atoms with Gasteiger partial charge in [-0.2, -0.15) is 0 Å². The highest BCUT2D eigenvalue weighted by molar-refractivity contribution is 5.50. The summed E-state index contributed by atoms with van der Waals surface area (Å²) in [6.45, 7) is 3.11. The second kappa shape index (κ2) is 6.84. The highest BCUT2D eigenvalue weighted by atomic mass is 16.5. The van der Waals surface area contributed by atoms with E-state index in [0.717, 1.165) is 29.5 Å². The molecule has 0 heterocycles. The van der Waals surface area contributed by atoms with E-state index < -0.39 is 0 Å². The molecule has 1 fully saturated rings. The molecule has 1 saturated carbocycles. The smallest absolute Gasteiger partial charge is 0.164 e. The molecular formula is C16H25NO3. The molecule has 20 heavy (non-hydrogen) atoms. The minimum atomic E-state index is 0.614. The molecule has 0 bridgehead atoms. The zero-order chi connectivity index (χ0) is 14.5. The van der Waals surface area contributed by atoms with Gasteiger partial charge in [-0.1, -0.05) is 6.92 Å². The maximum atomic E-state index is 5.45. The van der Waals surface area contributed by atoms with Crippen molar-refractivity contribution in [3.05, 3.63) is 17.7 Å². The van der Waals surface area contributed by atoms with Gasteiger partial charge in [0.1, 0.15) is 5.75 Å². The summed E-state index contributed by atoms with van der Waals surface area (Å²) >= 11 is 0. The zero-order valence-corrected chi connectivity index (χ0v) is 12.9. The standard InChI is InChI=1S/C16H25NO3/c1-11-5-6-13(7-11)17-10-12-8-15(19-3)16(20-4)9-14(12)18-2/h8-9,11,13,17H,5-7,10H2,1-4H3. The monoisotopic (exact) mass is 279 g/mol. The lowest BCUT2D eigenvalue weighted by Crippen LogP contribution is -2.26. The Labute approximate surface area is 121 Å². The molecule has 0 saturated heterocycles. The summed E-state index contributed by atoms with van der Waals surface area (Å²) in [6, 6.07) is 4.48. The molecule has 0 radical (unpaired) electrons. The average molecular weight is 279 g/mol. The molecule has 4 heteroatoms. The molecule has 1 aliphatic rings. The van der Waals surface area contributed by atoms with Crippen molar-refractivity contribution in [1.29, 1.82) is 0 Å². The van der Waals surface area contributed by atoms with E-state index in [4.69, 9.17) is 14.2 Å². The Morgan fingerprint density at radius 2 is 1.65 bits per heavy atom. The fraction of sp³-hybridized carbons (Fsp3) is 0.625. The largest absolute Gasteiger partial charge is 0.496 e. The summed E-state index contributed by atoms with van der Waals surface area (Å²) in [5.74, 6) is 3.11. The fourth-order valence-electron chi connectivity index (χ4n) is 2.88. The number of benzene rings is 1. The van der Waals surface area contributed by atoms with Crippen LogP contribution in [0.25, 0.3) is 0 Å². The van der Waals surface area contributed by atoms with Gasteiger partial charge in [-0.3, -0.25) is 0 Å². The molecule has 0 amide bonds. The van der Waals surface area contributed by atoms with Crippen LogP contribution in [-0.2, 0) is 6.54 Å². The summed E-state index contributed by atoms with van der Waals surface area (Å²) in [5.41, 5.74) is 1.10. The second-order valence-corrected chi connectivity index (χ2v) is 5.52. The van der Waals surface area contributed by atoms with Gasteiger partial charge in [0.2, 0.25) is 0 Å². The average Bonchev–Trinajstić information content (AvgIpc) is 2.89. The molecule has 1 aliphatic carbocycles. The van der Waals surface area contributed by atoms with Gasteiger partial charge in [0, 0.05) is 24.2 Å². The van der Waals surface area contributed by atoms with Crippen molar-refractivity contribution in [3.63, 3.8) is 0 Å². The van der Waals surface area contributed by atoms with E-state index >= 15 is 0 Å². The first-order valence-corrected chi connectivity index (χ1v) is 7.20. The summed E-state index contributed by atoms with van der Waals surface area (Å²) in [7, 11) is 4.97. The molecule has 0 spiro atoms. The van der Waals surface area contributed by atoms with Gasteiger partial charge in [-0.05, 0) is 31.2 Å². The van der Waals surface area contributed by atoms with Crippen molar-refractivity contribution < 1.29 is 14.2 Å². The van der Waals surface area contributed by atoms with E-state index in [9.17, 15) is 0 Å². The first-order chi connectivity index (χ1) is 9.67. The van der Waals surface area contributed by atoms with Crippen molar-refractivity contribution in [1.82, 2.24) is 5.32 Å². The molecule has 0 aromatic heterocycles. The van der Waals surface area contributed by atoms with E-state index in [2.05, 4.69) is 12.2 Å². The normalized spacial score (nSPS) is 21.8. The molecule has 2 rings (SSSR count). The maximum absolute atomic E-state index is 5.45. The Bertz CT molecular complexity index is 448. The SMILES string of the molecule is COc1cc(OC)c(OC)cc1CNC1CCC(C)C1. The fourth-order valence-corrected chi connectivity index (χ4v) is 2.88. The van der Waals surface area contributed by atoms with Crippen molar-refractivity contribution in [2.75, 3.05) is 21.3 Å². The van der Waals surface area contributed by atoms with Crippen LogP contribution in [0.2, 0.25) is 0 Å². The third-order valence-corrected chi connectivity index (χ3v) is 4.06. The van der Waals surface area contributed by atoms with Gasteiger partial charge >= 0.3 is 0 Å². The van der Waals surface area contributed by atoms with Crippen LogP contribution in [0.4, 0.5) is 0 Å². The summed E-state index contributed by atoms with van der Waals surface area (Å²) in [4.78, 5) is 0. The van der Waals surface area contributed by atoms with Gasteiger partial charge in [0.05, 0.1) is 21.3 Å². The van der Waals surface area contributed by atoms with Gasteiger partial charge in [0.25, 0.3) is 0 Å². The van der Waals surface area contributed by atoms with E-state index in [-0.39, 0.29) is 0 Å². The molecule has 1 aromatic carbocycles. The Morgan fingerprint density at radius 3 is 2.20 bits per heavy atom. The van der Waals surface area contributed by atoms with E-state index in [1.54, 1.807) is 21.3 Å². The number of methoxy groups -OCH3 is 3. The van der Waals surface area contributed by atoms with Gasteiger partial charge in [0.15, 0.2) is 11.5 Å². The Kier molecular flexibility index (Phi) is 5.12. The van der Waals surface area contributed by atoms with Gasteiger partial charge < -0.3 is 19.5 Å². The summed E-state index contributed by atoms with van der Waals surface area (Å²) in [5, 5.41) is 3.62. The van der Waals surface area contributed by atoms with Crippen LogP contribution in [0.3, 0.4) is 0 Å². The number of hydrogen-bond donors (Lipinski definition) is 1. The second-order valence-electron chi connectivity index (χ2n) is 5.52. The predicted molar refractivity (Wildman–Crippen MR) is 79.7 cm³/mol. The van der Waals surface area contributed by atoms with Gasteiger partial charge in [-0.15, -0.1) is 0 Å². The first kappa shape index (κ1) is 15.0. The lowest BCUT2D eigenvalue weighted by Gasteiger charge is -2.17. The molecule has 1 aromatic rings. The van der Waals surface area contributed by atoms with E-state index in [0.29, 0.717) is 11.8 Å². The highest BCUT2D eigenvalue weighted by Gasteiger charge is 2.21. The van der Waals surface area contributed by atoms with E-state index in [1.807, 2.05) is 12.1 Å². The number of ether oxygens (including phenoxy) is 3. The molecule has 0 aliphatic heterocycles. The summed E-state index contributed by atoms with van der Waals surface area (Å²) < 4.78 is 16.1.